The molecule has 5 aromatic carbocycles. The molecule has 6 aliphatic carbocycles. The average molecular weight is 777 g/mol. The molecule has 2 spiro atoms. The Morgan fingerprint density at radius 1 is 0.533 bits per heavy atom. The van der Waals surface area contributed by atoms with Crippen LogP contribution < -0.4 is 0 Å². The van der Waals surface area contributed by atoms with Crippen molar-refractivity contribution in [2.24, 2.45) is 5.92 Å². The summed E-state index contributed by atoms with van der Waals surface area (Å²) in [6.45, 7) is 0. The monoisotopic (exact) mass is 776 g/mol. The van der Waals surface area contributed by atoms with E-state index in [-0.39, 0.29) is 10.8 Å². The molecule has 1 aromatic heterocycles. The lowest BCUT2D eigenvalue weighted by atomic mass is 9.61. The van der Waals surface area contributed by atoms with Crippen molar-refractivity contribution >= 4 is 11.1 Å². The van der Waals surface area contributed by atoms with Crippen molar-refractivity contribution < 1.29 is 0 Å². The smallest absolute Gasteiger partial charge is 0.160 e. The molecule has 60 heavy (non-hydrogen) atoms. The average Bonchev–Trinajstić information content (AvgIpc) is 3.73. The Bertz CT molecular complexity index is 2700. The zero-order valence-corrected chi connectivity index (χ0v) is 34.5. The molecule has 2 saturated carbocycles. The van der Waals surface area contributed by atoms with Crippen LogP contribution in [0.1, 0.15) is 116 Å². The van der Waals surface area contributed by atoms with Crippen molar-refractivity contribution in [2.75, 3.05) is 0 Å². The molecular weight excluding hydrogens is 725 g/mol. The van der Waals surface area contributed by atoms with Crippen LogP contribution in [0.4, 0.5) is 0 Å². The zero-order valence-electron chi connectivity index (χ0n) is 34.5. The standard InChI is InChI=1S/C58H52N2/c1-5-16-40(17-6-1)54-38-55(60-56(59-54)42-18-7-2-8-19-42)41-26-24-39(25-27-41)43-20-15-21-44(34-43)45-28-29-51-47(35-45)49-37-52-48(36-53(49)58(51)32-13-4-14-33-58)46-22-9-10-23-50(46)57(52)30-11-3-12-31-57/h1-2,5-10,15-24,26-29,34-39,48,52H,3-4,11-14,25,30-33H2. The van der Waals surface area contributed by atoms with Crippen LogP contribution in [0, 0.1) is 5.92 Å². The summed E-state index contributed by atoms with van der Waals surface area (Å²) in [5.74, 6) is 2.13. The van der Waals surface area contributed by atoms with E-state index in [9.17, 15) is 0 Å². The van der Waals surface area contributed by atoms with Crippen LogP contribution in [0.3, 0.4) is 0 Å². The van der Waals surface area contributed by atoms with Crippen molar-refractivity contribution in [3.63, 3.8) is 0 Å². The van der Waals surface area contributed by atoms with Crippen LogP contribution in [0.15, 0.2) is 169 Å². The second kappa shape index (κ2) is 14.4. The summed E-state index contributed by atoms with van der Waals surface area (Å²) in [6, 6.07) is 49.5. The summed E-state index contributed by atoms with van der Waals surface area (Å²) in [6.07, 6.45) is 27.0. The van der Waals surface area contributed by atoms with E-state index in [4.69, 9.17) is 9.97 Å². The summed E-state index contributed by atoms with van der Waals surface area (Å²) >= 11 is 0. The molecule has 12 rings (SSSR count). The summed E-state index contributed by atoms with van der Waals surface area (Å²) in [7, 11) is 0. The Kier molecular flexibility index (Phi) is 8.65. The highest BCUT2D eigenvalue weighted by atomic mass is 14.9. The van der Waals surface area contributed by atoms with Gasteiger partial charge in [0, 0.05) is 33.8 Å². The number of fused-ring (bicyclic) bond motifs is 10. The van der Waals surface area contributed by atoms with Crippen LogP contribution in [-0.4, -0.2) is 9.97 Å². The topological polar surface area (TPSA) is 25.8 Å². The number of allylic oxidation sites excluding steroid dienone is 8. The zero-order chi connectivity index (χ0) is 39.7. The number of hydrogen-bond acceptors (Lipinski definition) is 2. The minimum Gasteiger partial charge on any atom is -0.228 e. The number of nitrogens with zero attached hydrogens (tertiary/aromatic N) is 2. The van der Waals surface area contributed by atoms with E-state index < -0.39 is 0 Å². The molecule has 0 radical (unpaired) electrons. The molecule has 2 nitrogen and oxygen atoms in total. The molecule has 2 heteroatoms. The fourth-order valence-electron chi connectivity index (χ4n) is 12.7. The van der Waals surface area contributed by atoms with Gasteiger partial charge in [0.2, 0.25) is 0 Å². The molecule has 2 fully saturated rings. The number of aromatic nitrogens is 2. The highest BCUT2D eigenvalue weighted by Gasteiger charge is 2.55. The summed E-state index contributed by atoms with van der Waals surface area (Å²) in [5.41, 5.74) is 19.3. The molecule has 0 amide bonds. The first-order chi connectivity index (χ1) is 29.7. The summed E-state index contributed by atoms with van der Waals surface area (Å²) in [4.78, 5) is 10.1. The van der Waals surface area contributed by atoms with Gasteiger partial charge in [0.1, 0.15) is 0 Å². The van der Waals surface area contributed by atoms with Gasteiger partial charge in [-0.2, -0.15) is 0 Å². The molecular formula is C58H52N2. The van der Waals surface area contributed by atoms with Crippen molar-refractivity contribution in [3.05, 3.63) is 203 Å². The normalized spacial score (nSPS) is 22.9. The maximum Gasteiger partial charge on any atom is 0.160 e. The minimum atomic E-state index is 0.159. The van der Waals surface area contributed by atoms with Crippen LogP contribution in [-0.2, 0) is 10.8 Å². The molecule has 0 N–H and O–H groups in total. The van der Waals surface area contributed by atoms with Gasteiger partial charge in [-0.05, 0) is 106 Å². The Morgan fingerprint density at radius 3 is 2.02 bits per heavy atom. The van der Waals surface area contributed by atoms with E-state index in [2.05, 4.69) is 158 Å². The van der Waals surface area contributed by atoms with Gasteiger partial charge in [-0.15, -0.1) is 0 Å². The molecule has 6 aliphatic rings. The van der Waals surface area contributed by atoms with E-state index in [1.165, 1.54) is 86.5 Å². The van der Waals surface area contributed by atoms with Gasteiger partial charge in [0.15, 0.2) is 5.82 Å². The van der Waals surface area contributed by atoms with Crippen molar-refractivity contribution in [1.29, 1.82) is 0 Å². The predicted molar refractivity (Wildman–Crippen MR) is 248 cm³/mol. The first kappa shape index (κ1) is 36.0. The van der Waals surface area contributed by atoms with Gasteiger partial charge < -0.3 is 0 Å². The fourth-order valence-corrected chi connectivity index (χ4v) is 12.7. The molecule has 3 unspecified atom stereocenters. The lowest BCUT2D eigenvalue weighted by Gasteiger charge is -2.43. The van der Waals surface area contributed by atoms with Crippen LogP contribution in [0.25, 0.3) is 44.9 Å². The maximum absolute atomic E-state index is 5.11. The predicted octanol–water partition coefficient (Wildman–Crippen LogP) is 14.8. The lowest BCUT2D eigenvalue weighted by Crippen LogP contribution is -2.35. The SMILES string of the molecule is C1=CC(c2cccc(-c3ccc4c(c3)C3=CC5C(C=C3C43CCCCC3)c3ccccc3C53CCCCC3)c2)CC=C1c1cc(-c2ccccc2)nc(-c2ccccc2)n1. The van der Waals surface area contributed by atoms with Gasteiger partial charge in [0.05, 0.1) is 11.4 Å². The first-order valence-corrected chi connectivity index (χ1v) is 22.8. The van der Waals surface area contributed by atoms with Gasteiger partial charge in [-0.3, -0.25) is 0 Å². The summed E-state index contributed by atoms with van der Waals surface area (Å²) in [5, 5.41) is 0. The minimum absolute atomic E-state index is 0.159. The van der Waals surface area contributed by atoms with Crippen LogP contribution in [0.5, 0.6) is 0 Å². The number of benzene rings is 5. The Morgan fingerprint density at radius 2 is 1.23 bits per heavy atom. The third kappa shape index (κ3) is 5.74. The van der Waals surface area contributed by atoms with Crippen molar-refractivity contribution in [3.8, 4) is 33.8 Å². The Labute approximate surface area is 355 Å². The molecule has 1 heterocycles. The van der Waals surface area contributed by atoms with E-state index in [0.717, 1.165) is 40.3 Å². The second-order valence-corrected chi connectivity index (χ2v) is 18.6. The molecule has 294 valence electrons. The van der Waals surface area contributed by atoms with E-state index in [0.29, 0.717) is 17.8 Å². The number of rotatable bonds is 5. The first-order valence-electron chi connectivity index (χ1n) is 22.8. The lowest BCUT2D eigenvalue weighted by molar-refractivity contribution is 0.232. The summed E-state index contributed by atoms with van der Waals surface area (Å²) < 4.78 is 0. The quantitative estimate of drug-likeness (QED) is 0.174. The molecule has 6 aromatic rings. The third-order valence-corrected chi connectivity index (χ3v) is 15.5. The third-order valence-electron chi connectivity index (χ3n) is 15.5. The maximum atomic E-state index is 5.11. The fraction of sp³-hybridized carbons (Fsp3) is 0.276. The van der Waals surface area contributed by atoms with E-state index in [1.807, 2.05) is 6.07 Å². The van der Waals surface area contributed by atoms with Crippen molar-refractivity contribution in [1.82, 2.24) is 9.97 Å². The Balaban J connectivity index is 0.874. The van der Waals surface area contributed by atoms with Crippen molar-refractivity contribution in [2.45, 2.75) is 93.3 Å². The molecule has 0 bridgehead atoms. The largest absolute Gasteiger partial charge is 0.228 e. The second-order valence-electron chi connectivity index (χ2n) is 18.6. The van der Waals surface area contributed by atoms with Gasteiger partial charge in [-0.25, -0.2) is 9.97 Å². The molecule has 0 aliphatic heterocycles. The van der Waals surface area contributed by atoms with Crippen LogP contribution in [0.2, 0.25) is 0 Å². The molecule has 0 saturated heterocycles. The van der Waals surface area contributed by atoms with Gasteiger partial charge >= 0.3 is 0 Å². The highest BCUT2D eigenvalue weighted by molar-refractivity contribution is 5.93. The number of hydrogen-bond donors (Lipinski definition) is 0. The highest BCUT2D eigenvalue weighted by Crippen LogP contribution is 2.66. The van der Waals surface area contributed by atoms with Crippen LogP contribution >= 0.6 is 0 Å². The molecule has 3 atom stereocenters. The van der Waals surface area contributed by atoms with Gasteiger partial charge in [0.25, 0.3) is 0 Å². The van der Waals surface area contributed by atoms with Gasteiger partial charge in [-0.1, -0.05) is 190 Å². The van der Waals surface area contributed by atoms with E-state index >= 15 is 0 Å². The van der Waals surface area contributed by atoms with E-state index in [1.54, 1.807) is 27.8 Å². The Hall–Kier alpha value is -5.86.